The third kappa shape index (κ3) is 5.20. The van der Waals surface area contributed by atoms with Gasteiger partial charge < -0.3 is 10.1 Å². The van der Waals surface area contributed by atoms with E-state index >= 15 is 0 Å². The highest BCUT2D eigenvalue weighted by atomic mass is 16.5. The smallest absolute Gasteiger partial charge is 0.219 e. The Labute approximate surface area is 127 Å². The summed E-state index contributed by atoms with van der Waals surface area (Å²) in [5.41, 5.74) is 2.33. The van der Waals surface area contributed by atoms with Gasteiger partial charge in [0.1, 0.15) is 5.75 Å². The lowest BCUT2D eigenvalue weighted by molar-refractivity contribution is 0.458. The second-order valence-corrected chi connectivity index (χ2v) is 5.50. The van der Waals surface area contributed by atoms with Crippen LogP contribution in [0.1, 0.15) is 38.4 Å². The molecule has 1 heterocycles. The van der Waals surface area contributed by atoms with Gasteiger partial charge in [0.25, 0.3) is 0 Å². The molecule has 2 aromatic rings. The Morgan fingerprint density at radius 1 is 1.10 bits per heavy atom. The van der Waals surface area contributed by atoms with Crippen LogP contribution in [0.15, 0.2) is 42.5 Å². The van der Waals surface area contributed by atoms with Crippen molar-refractivity contribution in [2.75, 3.05) is 0 Å². The number of nitrogens with zero attached hydrogens (tertiary/aromatic N) is 1. The maximum Gasteiger partial charge on any atom is 0.219 e. The Bertz CT molecular complexity index is 549. The van der Waals surface area contributed by atoms with Crippen LogP contribution in [-0.4, -0.2) is 11.0 Å². The van der Waals surface area contributed by atoms with E-state index in [9.17, 15) is 0 Å². The molecule has 0 atom stereocenters. The van der Waals surface area contributed by atoms with E-state index < -0.39 is 0 Å². The fraction of sp³-hybridized carbons (Fsp3) is 0.389. The van der Waals surface area contributed by atoms with Gasteiger partial charge in [0.15, 0.2) is 0 Å². The minimum atomic E-state index is 0.447. The molecule has 0 radical (unpaired) electrons. The number of hydrogen-bond donors (Lipinski definition) is 1. The second-order valence-electron chi connectivity index (χ2n) is 5.50. The molecule has 0 aliphatic carbocycles. The lowest BCUT2D eigenvalue weighted by Crippen LogP contribution is -2.22. The zero-order valence-corrected chi connectivity index (χ0v) is 13.1. The second kappa shape index (κ2) is 7.79. The van der Waals surface area contributed by atoms with Crippen molar-refractivity contribution in [1.29, 1.82) is 0 Å². The molecule has 2 rings (SSSR count). The van der Waals surface area contributed by atoms with Crippen molar-refractivity contribution in [3.05, 3.63) is 53.7 Å². The van der Waals surface area contributed by atoms with Crippen LogP contribution in [0.25, 0.3) is 0 Å². The van der Waals surface area contributed by atoms with Crippen LogP contribution in [0.5, 0.6) is 11.6 Å². The van der Waals surface area contributed by atoms with Crippen molar-refractivity contribution >= 4 is 0 Å². The SMILES string of the molecule is CCCc1ccc(Oc2cccc(CNC(C)C)n2)cc1. The first-order chi connectivity index (χ1) is 10.2. The van der Waals surface area contributed by atoms with Gasteiger partial charge in [0.2, 0.25) is 5.88 Å². The van der Waals surface area contributed by atoms with Crippen molar-refractivity contribution in [1.82, 2.24) is 10.3 Å². The number of benzene rings is 1. The molecule has 21 heavy (non-hydrogen) atoms. The Hall–Kier alpha value is -1.87. The fourth-order valence-corrected chi connectivity index (χ4v) is 2.06. The van der Waals surface area contributed by atoms with Crippen molar-refractivity contribution in [3.8, 4) is 11.6 Å². The van der Waals surface area contributed by atoms with E-state index in [0.717, 1.165) is 30.8 Å². The number of nitrogens with one attached hydrogen (secondary N) is 1. The first-order valence-electron chi connectivity index (χ1n) is 7.63. The summed E-state index contributed by atoms with van der Waals surface area (Å²) in [5.74, 6) is 1.47. The number of aromatic nitrogens is 1. The van der Waals surface area contributed by atoms with Crippen molar-refractivity contribution in [2.45, 2.75) is 46.2 Å². The minimum absolute atomic E-state index is 0.447. The monoisotopic (exact) mass is 284 g/mol. The maximum atomic E-state index is 5.82. The van der Waals surface area contributed by atoms with Crippen LogP contribution in [0.4, 0.5) is 0 Å². The summed E-state index contributed by atoms with van der Waals surface area (Å²) < 4.78 is 5.82. The summed E-state index contributed by atoms with van der Waals surface area (Å²) in [4.78, 5) is 4.51. The zero-order chi connectivity index (χ0) is 15.1. The van der Waals surface area contributed by atoms with E-state index in [1.165, 1.54) is 5.56 Å². The molecule has 0 fully saturated rings. The van der Waals surface area contributed by atoms with Crippen molar-refractivity contribution < 1.29 is 4.74 Å². The van der Waals surface area contributed by atoms with Gasteiger partial charge in [-0.1, -0.05) is 45.4 Å². The normalized spacial score (nSPS) is 10.9. The van der Waals surface area contributed by atoms with E-state index in [0.29, 0.717) is 11.9 Å². The summed E-state index contributed by atoms with van der Waals surface area (Å²) >= 11 is 0. The first-order valence-corrected chi connectivity index (χ1v) is 7.63. The largest absolute Gasteiger partial charge is 0.439 e. The maximum absolute atomic E-state index is 5.82. The summed E-state index contributed by atoms with van der Waals surface area (Å²) in [6.45, 7) is 7.19. The lowest BCUT2D eigenvalue weighted by atomic mass is 10.1. The first kappa shape index (κ1) is 15.5. The highest BCUT2D eigenvalue weighted by Crippen LogP contribution is 2.20. The average Bonchev–Trinajstić information content (AvgIpc) is 2.48. The van der Waals surface area contributed by atoms with Crippen LogP contribution in [-0.2, 0) is 13.0 Å². The summed E-state index contributed by atoms with van der Waals surface area (Å²) in [7, 11) is 0. The Kier molecular flexibility index (Phi) is 5.76. The van der Waals surface area contributed by atoms with Crippen LogP contribution >= 0.6 is 0 Å². The van der Waals surface area contributed by atoms with Gasteiger partial charge in [-0.05, 0) is 30.2 Å². The lowest BCUT2D eigenvalue weighted by Gasteiger charge is -2.09. The predicted molar refractivity (Wildman–Crippen MR) is 86.7 cm³/mol. The molecular formula is C18H24N2O. The van der Waals surface area contributed by atoms with Crippen LogP contribution in [0.2, 0.25) is 0 Å². The number of rotatable bonds is 7. The van der Waals surface area contributed by atoms with Gasteiger partial charge in [0, 0.05) is 18.7 Å². The minimum Gasteiger partial charge on any atom is -0.439 e. The topological polar surface area (TPSA) is 34.1 Å². The predicted octanol–water partition coefficient (Wildman–Crippen LogP) is 4.32. The fourth-order valence-electron chi connectivity index (χ4n) is 2.06. The summed E-state index contributed by atoms with van der Waals surface area (Å²) in [6.07, 6.45) is 2.27. The van der Waals surface area contributed by atoms with Crippen molar-refractivity contribution in [2.24, 2.45) is 0 Å². The number of aryl methyl sites for hydroxylation is 1. The molecule has 0 saturated carbocycles. The molecule has 1 N–H and O–H groups in total. The molecule has 0 saturated heterocycles. The number of ether oxygens (including phenoxy) is 1. The van der Waals surface area contributed by atoms with E-state index in [1.807, 2.05) is 30.3 Å². The molecular weight excluding hydrogens is 260 g/mol. The van der Waals surface area contributed by atoms with E-state index in [1.54, 1.807) is 0 Å². The molecule has 0 unspecified atom stereocenters. The molecule has 0 aliphatic heterocycles. The number of hydrogen-bond acceptors (Lipinski definition) is 3. The Morgan fingerprint density at radius 2 is 1.86 bits per heavy atom. The molecule has 0 spiro atoms. The van der Waals surface area contributed by atoms with Gasteiger partial charge in [-0.2, -0.15) is 0 Å². The van der Waals surface area contributed by atoms with Crippen LogP contribution in [0, 0.1) is 0 Å². The van der Waals surface area contributed by atoms with E-state index in [4.69, 9.17) is 4.74 Å². The molecule has 0 bridgehead atoms. The van der Waals surface area contributed by atoms with E-state index in [-0.39, 0.29) is 0 Å². The van der Waals surface area contributed by atoms with Crippen molar-refractivity contribution in [3.63, 3.8) is 0 Å². The number of pyridine rings is 1. The summed E-state index contributed by atoms with van der Waals surface area (Å²) in [5, 5.41) is 3.36. The van der Waals surface area contributed by atoms with Gasteiger partial charge in [-0.15, -0.1) is 0 Å². The van der Waals surface area contributed by atoms with Gasteiger partial charge in [0.05, 0.1) is 5.69 Å². The molecule has 1 aromatic carbocycles. The summed E-state index contributed by atoms with van der Waals surface area (Å²) in [6, 6.07) is 14.6. The highest BCUT2D eigenvalue weighted by molar-refractivity contribution is 5.31. The van der Waals surface area contributed by atoms with Gasteiger partial charge >= 0.3 is 0 Å². The Balaban J connectivity index is 2.00. The Morgan fingerprint density at radius 3 is 2.52 bits per heavy atom. The molecule has 3 heteroatoms. The molecule has 0 aliphatic rings. The van der Waals surface area contributed by atoms with Gasteiger partial charge in [-0.3, -0.25) is 0 Å². The average molecular weight is 284 g/mol. The third-order valence-electron chi connectivity index (χ3n) is 3.16. The molecule has 1 aromatic heterocycles. The zero-order valence-electron chi connectivity index (χ0n) is 13.1. The van der Waals surface area contributed by atoms with Crippen LogP contribution in [0.3, 0.4) is 0 Å². The van der Waals surface area contributed by atoms with Gasteiger partial charge in [-0.25, -0.2) is 4.98 Å². The quantitative estimate of drug-likeness (QED) is 0.822. The molecule has 0 amide bonds. The third-order valence-corrected chi connectivity index (χ3v) is 3.16. The van der Waals surface area contributed by atoms with Crippen LogP contribution < -0.4 is 10.1 Å². The standard InChI is InChI=1S/C18H24N2O/c1-4-6-15-9-11-17(12-10-15)21-18-8-5-7-16(20-18)13-19-14(2)3/h5,7-12,14,19H,4,6,13H2,1-3H3. The highest BCUT2D eigenvalue weighted by Gasteiger charge is 2.02. The van der Waals surface area contributed by atoms with E-state index in [2.05, 4.69) is 43.2 Å². The molecule has 112 valence electrons. The molecule has 3 nitrogen and oxygen atoms in total.